The molecule has 2 rings (SSSR count). The zero-order valence-corrected chi connectivity index (χ0v) is 7.05. The standard InChI is InChI=1S/C8H8N4O/c1-6-8(13)4-7(5-9-6)12-3-2-10-11-12/h2-5,13H,1H3. The van der Waals surface area contributed by atoms with Crippen molar-refractivity contribution in [1.29, 1.82) is 0 Å². The third kappa shape index (κ3) is 1.35. The first-order valence-corrected chi connectivity index (χ1v) is 3.79. The quantitative estimate of drug-likeness (QED) is 0.693. The van der Waals surface area contributed by atoms with Crippen LogP contribution in [-0.2, 0) is 0 Å². The van der Waals surface area contributed by atoms with Gasteiger partial charge in [0, 0.05) is 6.07 Å². The Labute approximate surface area is 74.7 Å². The summed E-state index contributed by atoms with van der Waals surface area (Å²) in [6.45, 7) is 1.74. The Morgan fingerprint density at radius 1 is 1.46 bits per heavy atom. The minimum absolute atomic E-state index is 0.160. The van der Waals surface area contributed by atoms with E-state index in [1.807, 2.05) is 0 Å². The average molecular weight is 176 g/mol. The highest BCUT2D eigenvalue weighted by Crippen LogP contribution is 2.16. The SMILES string of the molecule is Cc1ncc(-n2ccnn2)cc1O. The van der Waals surface area contributed by atoms with Crippen LogP contribution in [0.3, 0.4) is 0 Å². The average Bonchev–Trinajstić information content (AvgIpc) is 2.62. The van der Waals surface area contributed by atoms with Crippen molar-refractivity contribution in [3.8, 4) is 11.4 Å². The fraction of sp³-hybridized carbons (Fsp3) is 0.125. The molecular weight excluding hydrogens is 168 g/mol. The highest BCUT2D eigenvalue weighted by molar-refractivity contribution is 5.37. The fourth-order valence-electron chi connectivity index (χ4n) is 0.982. The molecule has 0 bridgehead atoms. The topological polar surface area (TPSA) is 63.8 Å². The summed E-state index contributed by atoms with van der Waals surface area (Å²) in [5.41, 5.74) is 1.30. The lowest BCUT2D eigenvalue weighted by Gasteiger charge is -2.01. The summed E-state index contributed by atoms with van der Waals surface area (Å²) in [5.74, 6) is 0.160. The Balaban J connectivity index is 2.49. The first-order chi connectivity index (χ1) is 6.27. The molecule has 0 aromatic carbocycles. The van der Waals surface area contributed by atoms with Crippen LogP contribution in [0.2, 0.25) is 0 Å². The predicted molar refractivity (Wildman–Crippen MR) is 45.6 cm³/mol. The maximum Gasteiger partial charge on any atom is 0.138 e. The zero-order valence-electron chi connectivity index (χ0n) is 7.05. The first-order valence-electron chi connectivity index (χ1n) is 3.79. The van der Waals surface area contributed by atoms with Gasteiger partial charge in [0.25, 0.3) is 0 Å². The zero-order chi connectivity index (χ0) is 9.26. The maximum atomic E-state index is 9.37. The number of hydrogen-bond acceptors (Lipinski definition) is 4. The summed E-state index contributed by atoms with van der Waals surface area (Å²) in [5, 5.41) is 16.8. The summed E-state index contributed by atoms with van der Waals surface area (Å²) in [6, 6.07) is 1.59. The number of rotatable bonds is 1. The summed E-state index contributed by atoms with van der Waals surface area (Å²) in [6.07, 6.45) is 4.88. The molecule has 0 saturated carbocycles. The second kappa shape index (κ2) is 2.85. The fourth-order valence-corrected chi connectivity index (χ4v) is 0.982. The van der Waals surface area contributed by atoms with Gasteiger partial charge in [-0.1, -0.05) is 5.21 Å². The number of hydrogen-bond donors (Lipinski definition) is 1. The van der Waals surface area contributed by atoms with Crippen molar-refractivity contribution in [2.75, 3.05) is 0 Å². The molecule has 2 aromatic rings. The van der Waals surface area contributed by atoms with Crippen molar-refractivity contribution in [3.63, 3.8) is 0 Å². The van der Waals surface area contributed by atoms with E-state index < -0.39 is 0 Å². The number of aryl methyl sites for hydroxylation is 1. The lowest BCUT2D eigenvalue weighted by Crippen LogP contribution is -1.96. The van der Waals surface area contributed by atoms with E-state index >= 15 is 0 Å². The van der Waals surface area contributed by atoms with Crippen LogP contribution in [0.1, 0.15) is 5.69 Å². The largest absolute Gasteiger partial charge is 0.506 e. The van der Waals surface area contributed by atoms with Crippen LogP contribution in [0.4, 0.5) is 0 Å². The predicted octanol–water partition coefficient (Wildman–Crippen LogP) is 0.676. The van der Waals surface area contributed by atoms with E-state index in [9.17, 15) is 5.11 Å². The smallest absolute Gasteiger partial charge is 0.138 e. The van der Waals surface area contributed by atoms with Crippen LogP contribution < -0.4 is 0 Å². The summed E-state index contributed by atoms with van der Waals surface area (Å²) in [7, 11) is 0. The van der Waals surface area contributed by atoms with Gasteiger partial charge in [-0.2, -0.15) is 0 Å². The molecule has 2 heterocycles. The van der Waals surface area contributed by atoms with Crippen molar-refractivity contribution in [3.05, 3.63) is 30.4 Å². The second-order valence-electron chi connectivity index (χ2n) is 2.65. The molecule has 2 aromatic heterocycles. The lowest BCUT2D eigenvalue weighted by molar-refractivity contribution is 0.467. The number of pyridine rings is 1. The van der Waals surface area contributed by atoms with E-state index in [4.69, 9.17) is 0 Å². The first kappa shape index (κ1) is 7.72. The van der Waals surface area contributed by atoms with E-state index in [2.05, 4.69) is 15.3 Å². The Hall–Kier alpha value is -1.91. The molecule has 0 fully saturated rings. The van der Waals surface area contributed by atoms with Crippen LogP contribution in [0, 0.1) is 6.92 Å². The number of aromatic hydroxyl groups is 1. The molecule has 0 amide bonds. The molecular formula is C8H8N4O. The molecule has 66 valence electrons. The van der Waals surface area contributed by atoms with Gasteiger partial charge >= 0.3 is 0 Å². The molecule has 5 nitrogen and oxygen atoms in total. The summed E-state index contributed by atoms with van der Waals surface area (Å²) in [4.78, 5) is 4.00. The van der Waals surface area contributed by atoms with Gasteiger partial charge in [-0.05, 0) is 6.92 Å². The van der Waals surface area contributed by atoms with Crippen LogP contribution in [0.15, 0.2) is 24.7 Å². The van der Waals surface area contributed by atoms with Gasteiger partial charge in [-0.25, -0.2) is 4.68 Å². The Kier molecular flexibility index (Phi) is 1.70. The van der Waals surface area contributed by atoms with E-state index in [1.54, 1.807) is 31.6 Å². The van der Waals surface area contributed by atoms with Gasteiger partial charge in [0.15, 0.2) is 0 Å². The molecule has 5 heteroatoms. The Morgan fingerprint density at radius 2 is 2.31 bits per heavy atom. The molecule has 0 saturated heterocycles. The highest BCUT2D eigenvalue weighted by atomic mass is 16.3. The molecule has 0 atom stereocenters. The van der Waals surface area contributed by atoms with Crippen LogP contribution >= 0.6 is 0 Å². The third-order valence-corrected chi connectivity index (χ3v) is 1.73. The number of nitrogens with zero attached hydrogens (tertiary/aromatic N) is 4. The van der Waals surface area contributed by atoms with E-state index in [0.29, 0.717) is 11.4 Å². The molecule has 0 radical (unpaired) electrons. The van der Waals surface area contributed by atoms with Crippen LogP contribution in [0.5, 0.6) is 5.75 Å². The Morgan fingerprint density at radius 3 is 2.92 bits per heavy atom. The molecule has 0 unspecified atom stereocenters. The van der Waals surface area contributed by atoms with E-state index in [-0.39, 0.29) is 5.75 Å². The van der Waals surface area contributed by atoms with Crippen LogP contribution in [0.25, 0.3) is 5.69 Å². The monoisotopic (exact) mass is 176 g/mol. The molecule has 0 spiro atoms. The van der Waals surface area contributed by atoms with Gasteiger partial charge in [0.2, 0.25) is 0 Å². The van der Waals surface area contributed by atoms with Crippen LogP contribution in [-0.4, -0.2) is 25.1 Å². The summed E-state index contributed by atoms with van der Waals surface area (Å²) < 4.78 is 1.53. The van der Waals surface area contributed by atoms with E-state index in [0.717, 1.165) is 0 Å². The number of aromatic nitrogens is 4. The molecule has 1 N–H and O–H groups in total. The van der Waals surface area contributed by atoms with Crippen molar-refractivity contribution in [2.45, 2.75) is 6.92 Å². The minimum Gasteiger partial charge on any atom is -0.506 e. The van der Waals surface area contributed by atoms with Crippen molar-refractivity contribution in [2.24, 2.45) is 0 Å². The minimum atomic E-state index is 0.160. The van der Waals surface area contributed by atoms with Gasteiger partial charge < -0.3 is 5.11 Å². The highest BCUT2D eigenvalue weighted by Gasteiger charge is 2.01. The molecule has 0 aliphatic rings. The second-order valence-corrected chi connectivity index (χ2v) is 2.65. The lowest BCUT2D eigenvalue weighted by atomic mass is 10.3. The Bertz CT molecular complexity index is 410. The van der Waals surface area contributed by atoms with Crippen molar-refractivity contribution in [1.82, 2.24) is 20.0 Å². The van der Waals surface area contributed by atoms with Crippen molar-refractivity contribution < 1.29 is 5.11 Å². The van der Waals surface area contributed by atoms with E-state index in [1.165, 1.54) is 4.68 Å². The normalized spacial score (nSPS) is 10.2. The van der Waals surface area contributed by atoms with Gasteiger partial charge in [-0.15, -0.1) is 5.10 Å². The van der Waals surface area contributed by atoms with Gasteiger partial charge in [-0.3, -0.25) is 4.98 Å². The van der Waals surface area contributed by atoms with Gasteiger partial charge in [0.1, 0.15) is 5.75 Å². The molecule has 0 aliphatic carbocycles. The third-order valence-electron chi connectivity index (χ3n) is 1.73. The maximum absolute atomic E-state index is 9.37. The molecule has 13 heavy (non-hydrogen) atoms. The van der Waals surface area contributed by atoms with Gasteiger partial charge in [0.05, 0.1) is 30.0 Å². The summed E-state index contributed by atoms with van der Waals surface area (Å²) >= 11 is 0. The molecule has 0 aliphatic heterocycles. The van der Waals surface area contributed by atoms with Crippen molar-refractivity contribution >= 4 is 0 Å².